The van der Waals surface area contributed by atoms with Crippen molar-refractivity contribution in [3.05, 3.63) is 25.3 Å². The Bertz CT molecular complexity index is 480. The molecule has 0 aliphatic carbocycles. The molecule has 0 spiro atoms. The Morgan fingerprint density at radius 2 is 1.74 bits per heavy atom. The maximum Gasteiger partial charge on any atom is 0.370 e. The van der Waals surface area contributed by atoms with E-state index >= 15 is 0 Å². The van der Waals surface area contributed by atoms with E-state index in [0.717, 1.165) is 38.1 Å². The maximum absolute atomic E-state index is 11.0. The lowest BCUT2D eigenvalue weighted by molar-refractivity contribution is -0.138. The SMILES string of the molecule is C=CC(=O)OCCCC1(OC)CCCC[Si]1(OC)OC.C=CC(=O)O[SiH2]C. The fraction of sp³-hybridized carbons (Fsp3) is 0.667. The number of rotatable bonds is 10. The van der Waals surface area contributed by atoms with Gasteiger partial charge in [0.25, 0.3) is 0 Å². The van der Waals surface area contributed by atoms with Gasteiger partial charge in [0.05, 0.1) is 6.61 Å². The molecule has 27 heavy (non-hydrogen) atoms. The Kier molecular flexibility index (Phi) is 13.2. The summed E-state index contributed by atoms with van der Waals surface area (Å²) in [5.41, 5.74) is 0. The number of hydrogen-bond donors (Lipinski definition) is 0. The standard InChI is InChI=1S/C14H26O5Si.C4H8O2Si/c1-5-13(15)19-11-8-10-14(16-2)9-6-7-12-20(14,17-3)18-4;1-3-4(5)6-7-2/h5H,1,6-12H2,2-4H3;3H,1,7H2,2H3. The van der Waals surface area contributed by atoms with Crippen LogP contribution in [0.5, 0.6) is 0 Å². The van der Waals surface area contributed by atoms with E-state index in [4.69, 9.17) is 18.3 Å². The van der Waals surface area contributed by atoms with Crippen molar-refractivity contribution >= 4 is 30.3 Å². The first-order valence-electron chi connectivity index (χ1n) is 9.14. The van der Waals surface area contributed by atoms with E-state index in [2.05, 4.69) is 17.6 Å². The lowest BCUT2D eigenvalue weighted by Crippen LogP contribution is -2.64. The second kappa shape index (κ2) is 13.8. The van der Waals surface area contributed by atoms with Gasteiger partial charge in [-0.05, 0) is 31.9 Å². The third-order valence-electron chi connectivity index (χ3n) is 4.67. The molecule has 1 aliphatic heterocycles. The van der Waals surface area contributed by atoms with Crippen LogP contribution in [-0.4, -0.2) is 63.4 Å². The minimum Gasteiger partial charge on any atom is -0.522 e. The molecule has 0 N–H and O–H groups in total. The second-order valence-corrected chi connectivity index (χ2v) is 10.6. The minimum atomic E-state index is -2.38. The summed E-state index contributed by atoms with van der Waals surface area (Å²) in [4.78, 5) is 21.1. The number of esters is 1. The first-order valence-corrected chi connectivity index (χ1v) is 13.2. The first kappa shape index (κ1) is 25.7. The van der Waals surface area contributed by atoms with Crippen LogP contribution in [0, 0.1) is 0 Å². The number of carbonyl (C=O) groups is 2. The molecule has 7 nitrogen and oxygen atoms in total. The van der Waals surface area contributed by atoms with Crippen LogP contribution in [0.3, 0.4) is 0 Å². The van der Waals surface area contributed by atoms with Gasteiger partial charge in [-0.1, -0.05) is 26.0 Å². The van der Waals surface area contributed by atoms with Crippen LogP contribution in [0.2, 0.25) is 12.6 Å². The van der Waals surface area contributed by atoms with Crippen LogP contribution in [0.4, 0.5) is 0 Å². The highest BCUT2D eigenvalue weighted by atomic mass is 28.4. The molecule has 1 aliphatic rings. The van der Waals surface area contributed by atoms with Crippen molar-refractivity contribution < 1.29 is 32.3 Å². The van der Waals surface area contributed by atoms with Gasteiger partial charge in [-0.2, -0.15) is 0 Å². The minimum absolute atomic E-state index is 0.297. The molecule has 1 fully saturated rings. The molecule has 0 amide bonds. The topological polar surface area (TPSA) is 80.3 Å². The van der Waals surface area contributed by atoms with Gasteiger partial charge in [-0.3, -0.25) is 0 Å². The zero-order valence-corrected chi connectivity index (χ0v) is 19.5. The van der Waals surface area contributed by atoms with E-state index in [1.807, 2.05) is 6.55 Å². The van der Waals surface area contributed by atoms with Crippen LogP contribution >= 0.6 is 0 Å². The van der Waals surface area contributed by atoms with E-state index in [1.165, 1.54) is 12.2 Å². The molecule has 1 heterocycles. The highest BCUT2D eigenvalue weighted by Gasteiger charge is 2.58. The van der Waals surface area contributed by atoms with Crippen molar-refractivity contribution in [1.82, 2.24) is 0 Å². The van der Waals surface area contributed by atoms with Crippen LogP contribution < -0.4 is 0 Å². The van der Waals surface area contributed by atoms with Gasteiger partial charge in [0.1, 0.15) is 5.22 Å². The van der Waals surface area contributed by atoms with Crippen LogP contribution in [-0.2, 0) is 32.3 Å². The molecular weight excluding hydrogens is 384 g/mol. The zero-order chi connectivity index (χ0) is 20.8. The van der Waals surface area contributed by atoms with E-state index in [0.29, 0.717) is 6.61 Å². The second-order valence-electron chi connectivity index (χ2n) is 6.00. The third kappa shape index (κ3) is 7.70. The normalized spacial score (nSPS) is 21.0. The lowest BCUT2D eigenvalue weighted by Gasteiger charge is -2.48. The monoisotopic (exact) mass is 418 g/mol. The van der Waals surface area contributed by atoms with Crippen molar-refractivity contribution in [3.63, 3.8) is 0 Å². The molecule has 0 aromatic heterocycles. The molecule has 1 saturated heterocycles. The summed E-state index contributed by atoms with van der Waals surface area (Å²) in [5, 5.41) is -0.352. The van der Waals surface area contributed by atoms with Crippen LogP contribution in [0.25, 0.3) is 0 Å². The summed E-state index contributed by atoms with van der Waals surface area (Å²) in [5.74, 6) is -0.684. The molecule has 0 radical (unpaired) electrons. The zero-order valence-electron chi connectivity index (χ0n) is 17.1. The van der Waals surface area contributed by atoms with Crippen molar-refractivity contribution in [2.45, 2.75) is 49.9 Å². The van der Waals surface area contributed by atoms with Gasteiger partial charge in [0.2, 0.25) is 9.76 Å². The molecule has 156 valence electrons. The van der Waals surface area contributed by atoms with Gasteiger partial charge < -0.3 is 22.8 Å². The molecule has 1 unspecified atom stereocenters. The van der Waals surface area contributed by atoms with Crippen molar-refractivity contribution in [2.24, 2.45) is 0 Å². The van der Waals surface area contributed by atoms with E-state index in [9.17, 15) is 9.59 Å². The van der Waals surface area contributed by atoms with Gasteiger partial charge in [-0.25, -0.2) is 9.59 Å². The summed E-state index contributed by atoms with van der Waals surface area (Å²) >= 11 is 0. The number of methoxy groups -OCH3 is 1. The summed E-state index contributed by atoms with van der Waals surface area (Å²) in [6.07, 6.45) is 7.03. The van der Waals surface area contributed by atoms with E-state index < -0.39 is 18.3 Å². The number of carbonyl (C=O) groups excluding carboxylic acids is 2. The molecule has 0 saturated carbocycles. The average Bonchev–Trinajstić information content (AvgIpc) is 2.71. The van der Waals surface area contributed by atoms with Crippen LogP contribution in [0.15, 0.2) is 25.3 Å². The van der Waals surface area contributed by atoms with E-state index in [1.54, 1.807) is 21.3 Å². The summed E-state index contributed by atoms with van der Waals surface area (Å²) in [6.45, 7) is 8.86. The summed E-state index contributed by atoms with van der Waals surface area (Å²) in [7, 11) is 2.21. The maximum atomic E-state index is 11.0. The highest BCUT2D eigenvalue weighted by molar-refractivity contribution is 6.70. The Balaban J connectivity index is 0.000000821. The fourth-order valence-corrected chi connectivity index (χ4v) is 7.63. The molecule has 0 bridgehead atoms. The molecular formula is C18H34O7Si2. The molecule has 9 heteroatoms. The van der Waals surface area contributed by atoms with E-state index in [-0.39, 0.29) is 17.2 Å². The van der Waals surface area contributed by atoms with Crippen LogP contribution in [0.1, 0.15) is 32.1 Å². The lowest BCUT2D eigenvalue weighted by atomic mass is 10.1. The smallest absolute Gasteiger partial charge is 0.370 e. The molecule has 1 atom stereocenters. The first-order chi connectivity index (χ1) is 12.9. The van der Waals surface area contributed by atoms with Crippen molar-refractivity contribution in [3.8, 4) is 0 Å². The molecule has 1 rings (SSSR count). The van der Waals surface area contributed by atoms with Gasteiger partial charge in [0, 0.05) is 33.5 Å². The predicted octanol–water partition coefficient (Wildman–Crippen LogP) is 2.19. The Labute approximate surface area is 166 Å². The average molecular weight is 419 g/mol. The van der Waals surface area contributed by atoms with Crippen molar-refractivity contribution in [2.75, 3.05) is 27.9 Å². The third-order valence-corrected chi connectivity index (χ3v) is 9.67. The largest absolute Gasteiger partial charge is 0.522 e. The Morgan fingerprint density at radius 3 is 2.19 bits per heavy atom. The summed E-state index contributed by atoms with van der Waals surface area (Å²) < 4.78 is 27.1. The Morgan fingerprint density at radius 1 is 1.11 bits per heavy atom. The van der Waals surface area contributed by atoms with Gasteiger partial charge in [0.15, 0.2) is 0 Å². The summed E-state index contributed by atoms with van der Waals surface area (Å²) in [6, 6.07) is 0.945. The molecule has 0 aromatic carbocycles. The predicted molar refractivity (Wildman–Crippen MR) is 109 cm³/mol. The quantitative estimate of drug-likeness (QED) is 0.233. The highest BCUT2D eigenvalue weighted by Crippen LogP contribution is 2.42. The number of hydrogen-bond acceptors (Lipinski definition) is 7. The van der Waals surface area contributed by atoms with Crippen molar-refractivity contribution in [1.29, 1.82) is 0 Å². The Hall–Kier alpha value is -1.27. The molecule has 0 aromatic rings. The fourth-order valence-electron chi connectivity index (χ4n) is 3.31. The van der Waals surface area contributed by atoms with Gasteiger partial charge >= 0.3 is 20.5 Å². The number of ether oxygens (including phenoxy) is 2. The van der Waals surface area contributed by atoms with Gasteiger partial charge in [-0.15, -0.1) is 0 Å².